The van der Waals surface area contributed by atoms with Crippen LogP contribution >= 0.6 is 43.2 Å². The SMILES string of the molecule is CNC(c1cc(Br)c(Br)s1)c1ccc(F)c2ccccc12. The minimum Gasteiger partial charge on any atom is -0.309 e. The summed E-state index contributed by atoms with van der Waals surface area (Å²) in [4.78, 5) is 1.17. The van der Waals surface area contributed by atoms with Gasteiger partial charge in [0.2, 0.25) is 0 Å². The summed E-state index contributed by atoms with van der Waals surface area (Å²) in [7, 11) is 1.92. The summed E-state index contributed by atoms with van der Waals surface area (Å²) in [5.74, 6) is -0.183. The van der Waals surface area contributed by atoms with Crippen LogP contribution < -0.4 is 5.32 Å². The lowest BCUT2D eigenvalue weighted by molar-refractivity contribution is 0.637. The Morgan fingerprint density at radius 3 is 2.43 bits per heavy atom. The van der Waals surface area contributed by atoms with E-state index < -0.39 is 0 Å². The zero-order valence-corrected chi connectivity index (χ0v) is 15.1. The van der Waals surface area contributed by atoms with Gasteiger partial charge >= 0.3 is 0 Å². The predicted molar refractivity (Wildman–Crippen MR) is 94.5 cm³/mol. The minimum atomic E-state index is -0.183. The molecule has 0 saturated heterocycles. The van der Waals surface area contributed by atoms with Crippen molar-refractivity contribution in [2.24, 2.45) is 0 Å². The lowest BCUT2D eigenvalue weighted by Crippen LogP contribution is -2.17. The molecule has 1 atom stereocenters. The average molecular weight is 429 g/mol. The molecule has 1 nitrogen and oxygen atoms in total. The first kappa shape index (κ1) is 15.2. The maximum absolute atomic E-state index is 14.0. The van der Waals surface area contributed by atoms with Crippen LogP contribution in [-0.2, 0) is 0 Å². The highest BCUT2D eigenvalue weighted by molar-refractivity contribution is 9.13. The van der Waals surface area contributed by atoms with E-state index in [1.54, 1.807) is 17.4 Å². The quantitative estimate of drug-likeness (QED) is 0.549. The van der Waals surface area contributed by atoms with E-state index in [-0.39, 0.29) is 11.9 Å². The molecule has 108 valence electrons. The fraction of sp³-hybridized carbons (Fsp3) is 0.125. The molecule has 0 radical (unpaired) electrons. The molecule has 0 saturated carbocycles. The van der Waals surface area contributed by atoms with Gasteiger partial charge in [-0.1, -0.05) is 30.3 Å². The first-order valence-electron chi connectivity index (χ1n) is 6.41. The number of thiophene rings is 1. The molecule has 21 heavy (non-hydrogen) atoms. The molecule has 1 N–H and O–H groups in total. The Morgan fingerprint density at radius 2 is 1.81 bits per heavy atom. The summed E-state index contributed by atoms with van der Waals surface area (Å²) in [5, 5.41) is 4.93. The fourth-order valence-electron chi connectivity index (χ4n) is 2.49. The van der Waals surface area contributed by atoms with E-state index in [0.717, 1.165) is 19.2 Å². The molecule has 1 unspecified atom stereocenters. The molecule has 1 aromatic heterocycles. The van der Waals surface area contributed by atoms with Crippen LogP contribution in [0.1, 0.15) is 16.5 Å². The molecule has 0 aliphatic carbocycles. The molecule has 5 heteroatoms. The third-order valence-corrected chi connectivity index (χ3v) is 6.77. The Balaban J connectivity index is 2.20. The summed E-state index contributed by atoms with van der Waals surface area (Å²) >= 11 is 8.72. The Kier molecular flexibility index (Phi) is 4.45. The van der Waals surface area contributed by atoms with E-state index in [2.05, 4.69) is 43.2 Å². The van der Waals surface area contributed by atoms with Crippen LogP contribution in [0, 0.1) is 5.82 Å². The molecular formula is C16H12Br2FNS. The lowest BCUT2D eigenvalue weighted by Gasteiger charge is -2.17. The van der Waals surface area contributed by atoms with Crippen molar-refractivity contribution < 1.29 is 4.39 Å². The van der Waals surface area contributed by atoms with Gasteiger partial charge in [0.25, 0.3) is 0 Å². The molecule has 0 spiro atoms. The maximum Gasteiger partial charge on any atom is 0.131 e. The Labute approximate surface area is 143 Å². The van der Waals surface area contributed by atoms with Crippen LogP contribution in [0.5, 0.6) is 0 Å². The molecular weight excluding hydrogens is 417 g/mol. The van der Waals surface area contributed by atoms with E-state index in [1.807, 2.05) is 37.4 Å². The van der Waals surface area contributed by atoms with Crippen molar-refractivity contribution >= 4 is 54.0 Å². The fourth-order valence-corrected chi connectivity index (χ4v) is 4.71. The van der Waals surface area contributed by atoms with Crippen molar-refractivity contribution in [2.45, 2.75) is 6.04 Å². The first-order valence-corrected chi connectivity index (χ1v) is 8.81. The molecule has 0 fully saturated rings. The second-order valence-corrected chi connectivity index (χ2v) is 7.93. The van der Waals surface area contributed by atoms with Crippen molar-refractivity contribution in [1.82, 2.24) is 5.32 Å². The van der Waals surface area contributed by atoms with E-state index in [9.17, 15) is 4.39 Å². The maximum atomic E-state index is 14.0. The van der Waals surface area contributed by atoms with E-state index in [0.29, 0.717) is 5.39 Å². The number of halogens is 3. The summed E-state index contributed by atoms with van der Waals surface area (Å²) < 4.78 is 16.1. The highest BCUT2D eigenvalue weighted by Gasteiger charge is 2.19. The van der Waals surface area contributed by atoms with Crippen molar-refractivity contribution in [3.8, 4) is 0 Å². The van der Waals surface area contributed by atoms with Crippen molar-refractivity contribution in [3.63, 3.8) is 0 Å². The number of fused-ring (bicyclic) bond motifs is 1. The second-order valence-electron chi connectivity index (χ2n) is 4.67. The van der Waals surface area contributed by atoms with Gasteiger partial charge in [-0.25, -0.2) is 4.39 Å². The average Bonchev–Trinajstić information content (AvgIpc) is 2.82. The highest BCUT2D eigenvalue weighted by Crippen LogP contribution is 2.39. The van der Waals surface area contributed by atoms with E-state index in [4.69, 9.17) is 0 Å². The normalized spacial score (nSPS) is 12.8. The van der Waals surface area contributed by atoms with Crippen LogP contribution in [0.4, 0.5) is 4.39 Å². The zero-order chi connectivity index (χ0) is 15.0. The van der Waals surface area contributed by atoms with Gasteiger partial charge in [-0.05, 0) is 62.0 Å². The van der Waals surface area contributed by atoms with Gasteiger partial charge in [-0.3, -0.25) is 0 Å². The van der Waals surface area contributed by atoms with Gasteiger partial charge in [0.15, 0.2) is 0 Å². The van der Waals surface area contributed by atoms with Crippen molar-refractivity contribution in [2.75, 3.05) is 7.05 Å². The monoisotopic (exact) mass is 427 g/mol. The summed E-state index contributed by atoms with van der Waals surface area (Å²) in [6.45, 7) is 0. The van der Waals surface area contributed by atoms with Gasteiger partial charge in [0.05, 0.1) is 9.83 Å². The molecule has 0 bridgehead atoms. The smallest absolute Gasteiger partial charge is 0.131 e. The number of benzene rings is 2. The van der Waals surface area contributed by atoms with Crippen LogP contribution in [0.15, 0.2) is 50.7 Å². The highest BCUT2D eigenvalue weighted by atomic mass is 79.9. The van der Waals surface area contributed by atoms with Crippen molar-refractivity contribution in [3.05, 3.63) is 67.0 Å². The Hall–Kier alpha value is -0.750. The third-order valence-electron chi connectivity index (χ3n) is 3.45. The number of hydrogen-bond donors (Lipinski definition) is 1. The summed E-state index contributed by atoms with van der Waals surface area (Å²) in [5.41, 5.74) is 1.08. The van der Waals surface area contributed by atoms with Gasteiger partial charge in [0.1, 0.15) is 5.82 Å². The predicted octanol–water partition coefficient (Wildman–Crippen LogP) is 5.87. The molecule has 0 aliphatic heterocycles. The molecule has 1 heterocycles. The summed E-state index contributed by atoms with van der Waals surface area (Å²) in [6, 6.07) is 13.1. The van der Waals surface area contributed by atoms with Crippen molar-refractivity contribution in [1.29, 1.82) is 0 Å². The van der Waals surface area contributed by atoms with Crippen LogP contribution in [0.3, 0.4) is 0 Å². The molecule has 3 aromatic rings. The summed E-state index contributed by atoms with van der Waals surface area (Å²) in [6.07, 6.45) is 0. The number of rotatable bonds is 3. The van der Waals surface area contributed by atoms with E-state index in [1.165, 1.54) is 4.88 Å². The van der Waals surface area contributed by atoms with Gasteiger partial charge in [0, 0.05) is 14.7 Å². The molecule has 2 aromatic carbocycles. The lowest BCUT2D eigenvalue weighted by atomic mass is 9.97. The van der Waals surface area contributed by atoms with Gasteiger partial charge < -0.3 is 5.32 Å². The van der Waals surface area contributed by atoms with Crippen LogP contribution in [0.2, 0.25) is 0 Å². The van der Waals surface area contributed by atoms with Gasteiger partial charge in [-0.2, -0.15) is 0 Å². The second kappa shape index (κ2) is 6.16. The third kappa shape index (κ3) is 2.80. The topological polar surface area (TPSA) is 12.0 Å². The Bertz CT molecular complexity index is 781. The standard InChI is InChI=1S/C16H12Br2FNS/c1-20-15(14-8-12(17)16(18)21-14)11-6-7-13(19)10-5-3-2-4-9(10)11/h2-8,15,20H,1H3. The Morgan fingerprint density at radius 1 is 1.10 bits per heavy atom. The zero-order valence-electron chi connectivity index (χ0n) is 11.2. The largest absolute Gasteiger partial charge is 0.309 e. The van der Waals surface area contributed by atoms with Crippen LogP contribution in [0.25, 0.3) is 10.8 Å². The molecule has 0 amide bonds. The first-order chi connectivity index (χ1) is 10.1. The minimum absolute atomic E-state index is 0.0306. The number of nitrogens with one attached hydrogen (secondary N) is 1. The van der Waals surface area contributed by atoms with E-state index >= 15 is 0 Å². The molecule has 0 aliphatic rings. The van der Waals surface area contributed by atoms with Gasteiger partial charge in [-0.15, -0.1) is 11.3 Å². The van der Waals surface area contributed by atoms with Crippen LogP contribution in [-0.4, -0.2) is 7.05 Å². The number of hydrogen-bond acceptors (Lipinski definition) is 2. The molecule has 3 rings (SSSR count).